The number of aliphatic hydroxyl groups is 1. The molecule has 1 rings (SSSR count). The highest BCUT2D eigenvalue weighted by atomic mass is 32.2. The Kier molecular flexibility index (Phi) is 9.97. The van der Waals surface area contributed by atoms with Crippen molar-refractivity contribution in [3.05, 3.63) is 12.2 Å². The van der Waals surface area contributed by atoms with Crippen molar-refractivity contribution in [1.82, 2.24) is 0 Å². The van der Waals surface area contributed by atoms with Gasteiger partial charge in [0.1, 0.15) is 6.10 Å². The number of hydrogen-bond acceptors (Lipinski definition) is 6. The van der Waals surface area contributed by atoms with Crippen LogP contribution < -0.4 is 0 Å². The van der Waals surface area contributed by atoms with Crippen LogP contribution in [-0.2, 0) is 24.4 Å². The van der Waals surface area contributed by atoms with Crippen molar-refractivity contribution < 1.29 is 63.1 Å². The zero-order valence-corrected chi connectivity index (χ0v) is 19.0. The normalized spacial score (nSPS) is 19.4. The lowest BCUT2D eigenvalue weighted by atomic mass is 9.81. The maximum absolute atomic E-state index is 13.4. The van der Waals surface area contributed by atoms with Crippen molar-refractivity contribution in [1.29, 1.82) is 0 Å². The summed E-state index contributed by atoms with van der Waals surface area (Å²) in [5.74, 6) is -6.89. The van der Waals surface area contributed by atoms with Crippen LogP contribution in [0.5, 0.6) is 0 Å². The molecule has 0 aromatic heterocycles. The van der Waals surface area contributed by atoms with Crippen LogP contribution in [0.3, 0.4) is 0 Å². The van der Waals surface area contributed by atoms with Crippen LogP contribution in [0.4, 0.5) is 30.7 Å². The fourth-order valence-electron chi connectivity index (χ4n) is 3.30. The highest BCUT2D eigenvalue weighted by molar-refractivity contribution is 7.87. The first-order valence-electron chi connectivity index (χ1n) is 10.2. The third kappa shape index (κ3) is 7.52. The van der Waals surface area contributed by atoms with Crippen molar-refractivity contribution in [3.63, 3.8) is 0 Å². The Labute approximate surface area is 192 Å². The Hall–Kier alpha value is -1.45. The Morgan fingerprint density at radius 3 is 2.09 bits per heavy atom. The van der Waals surface area contributed by atoms with Gasteiger partial charge in [0.2, 0.25) is 0 Å². The zero-order chi connectivity index (χ0) is 26.6. The van der Waals surface area contributed by atoms with E-state index < -0.39 is 70.4 Å². The van der Waals surface area contributed by atoms with E-state index in [-0.39, 0.29) is 12.3 Å². The van der Waals surface area contributed by atoms with Crippen LogP contribution in [0.25, 0.3) is 0 Å². The van der Waals surface area contributed by atoms with Crippen molar-refractivity contribution in [2.45, 2.75) is 80.9 Å². The van der Waals surface area contributed by atoms with Crippen molar-refractivity contribution in [3.8, 4) is 0 Å². The van der Waals surface area contributed by atoms with Crippen molar-refractivity contribution in [2.24, 2.45) is 5.92 Å². The van der Waals surface area contributed by atoms with Gasteiger partial charge in [-0.15, -0.1) is 0 Å². The van der Waals surface area contributed by atoms with Gasteiger partial charge in [-0.25, -0.2) is 4.79 Å². The van der Waals surface area contributed by atoms with E-state index in [0.29, 0.717) is 19.8 Å². The maximum atomic E-state index is 13.4. The standard InChI is InChI=1S/C19H27F7O7S/c1-12(11-32-9-8-17(20,21)19(25,26)34(29,30)31)15(27)33-14(16(2,28)18(22,23)24)10-13-6-4-3-5-7-13/h13-14,28H,1,3-11H2,2H3,(H,29,30,31). The van der Waals surface area contributed by atoms with E-state index >= 15 is 0 Å². The molecule has 2 unspecified atom stereocenters. The first-order chi connectivity index (χ1) is 15.2. The second kappa shape index (κ2) is 11.1. The Morgan fingerprint density at radius 1 is 1.09 bits per heavy atom. The first kappa shape index (κ1) is 30.6. The van der Waals surface area contributed by atoms with Gasteiger partial charge in [-0.2, -0.15) is 39.2 Å². The summed E-state index contributed by atoms with van der Waals surface area (Å²) in [6, 6.07) is 0. The summed E-state index contributed by atoms with van der Waals surface area (Å²) in [7, 11) is -6.43. The number of halogens is 7. The lowest BCUT2D eigenvalue weighted by Crippen LogP contribution is -2.54. The number of alkyl halides is 7. The molecular formula is C19H27F7O7S. The Morgan fingerprint density at radius 2 is 1.62 bits per heavy atom. The highest BCUT2D eigenvalue weighted by Gasteiger charge is 2.65. The molecule has 7 nitrogen and oxygen atoms in total. The molecule has 0 radical (unpaired) electrons. The van der Waals surface area contributed by atoms with Gasteiger partial charge in [-0.1, -0.05) is 38.7 Å². The number of carbonyl (C=O) groups is 1. The summed E-state index contributed by atoms with van der Waals surface area (Å²) < 4.78 is 132. The smallest absolute Gasteiger partial charge is 0.431 e. The largest absolute Gasteiger partial charge is 0.456 e. The molecule has 1 fully saturated rings. The summed E-state index contributed by atoms with van der Waals surface area (Å²) in [6.07, 6.45) is -5.73. The third-order valence-corrected chi connectivity index (χ3v) is 6.54. The van der Waals surface area contributed by atoms with E-state index in [1.165, 1.54) is 0 Å². The molecule has 1 aliphatic rings. The quantitative estimate of drug-likeness (QED) is 0.127. The summed E-state index contributed by atoms with van der Waals surface area (Å²) >= 11 is 0. The summed E-state index contributed by atoms with van der Waals surface area (Å²) in [5, 5.41) is 4.23. The van der Waals surface area contributed by atoms with E-state index in [1.54, 1.807) is 0 Å². The number of esters is 1. The molecule has 200 valence electrons. The summed E-state index contributed by atoms with van der Waals surface area (Å²) in [5.41, 5.74) is -4.05. The van der Waals surface area contributed by atoms with E-state index in [0.717, 1.165) is 19.3 Å². The van der Waals surface area contributed by atoms with E-state index in [2.05, 4.69) is 11.3 Å². The number of ether oxygens (including phenoxy) is 2. The summed E-state index contributed by atoms with van der Waals surface area (Å²) in [4.78, 5) is 12.2. The predicted molar refractivity (Wildman–Crippen MR) is 104 cm³/mol. The summed E-state index contributed by atoms with van der Waals surface area (Å²) in [6.45, 7) is 1.49. The molecule has 2 atom stereocenters. The molecule has 0 amide bonds. The molecule has 34 heavy (non-hydrogen) atoms. The molecule has 1 saturated carbocycles. The SMILES string of the molecule is C=C(COCCC(F)(F)C(F)(F)S(=O)(=O)O)C(=O)OC(CC1CCCCC1)C(C)(O)C(F)(F)F. The molecule has 0 aliphatic heterocycles. The van der Waals surface area contributed by atoms with E-state index in [4.69, 9.17) is 9.29 Å². The van der Waals surface area contributed by atoms with Gasteiger partial charge in [0.15, 0.2) is 5.60 Å². The van der Waals surface area contributed by atoms with Crippen LogP contribution >= 0.6 is 0 Å². The number of hydrogen-bond donors (Lipinski definition) is 2. The van der Waals surface area contributed by atoms with Gasteiger partial charge in [-0.05, 0) is 19.3 Å². The number of rotatable bonds is 12. The molecule has 0 bridgehead atoms. The third-order valence-electron chi connectivity index (χ3n) is 5.60. The fourth-order valence-corrected chi connectivity index (χ4v) is 3.78. The highest BCUT2D eigenvalue weighted by Crippen LogP contribution is 2.41. The van der Waals surface area contributed by atoms with E-state index in [9.17, 15) is 49.1 Å². The molecule has 1 aliphatic carbocycles. The zero-order valence-electron chi connectivity index (χ0n) is 18.2. The minimum absolute atomic E-state index is 0.239. The average Bonchev–Trinajstić information content (AvgIpc) is 2.69. The van der Waals surface area contributed by atoms with E-state index in [1.807, 2.05) is 0 Å². The maximum Gasteiger partial charge on any atom is 0.431 e. The molecule has 15 heteroatoms. The molecule has 0 aromatic carbocycles. The minimum Gasteiger partial charge on any atom is -0.456 e. The fraction of sp³-hybridized carbons (Fsp3) is 0.842. The van der Waals surface area contributed by atoms with Crippen molar-refractivity contribution in [2.75, 3.05) is 13.2 Å². The average molecular weight is 532 g/mol. The van der Waals surface area contributed by atoms with Gasteiger partial charge in [0.25, 0.3) is 0 Å². The second-order valence-corrected chi connectivity index (χ2v) is 9.84. The Bertz CT molecular complexity index is 819. The molecule has 0 heterocycles. The molecule has 0 spiro atoms. The lowest BCUT2D eigenvalue weighted by molar-refractivity contribution is -0.286. The van der Waals surface area contributed by atoms with Gasteiger partial charge in [0.05, 0.1) is 18.8 Å². The topological polar surface area (TPSA) is 110 Å². The van der Waals surface area contributed by atoms with Gasteiger partial charge >= 0.3 is 33.4 Å². The molecular weight excluding hydrogens is 505 g/mol. The Balaban J connectivity index is 2.74. The van der Waals surface area contributed by atoms with Crippen LogP contribution in [-0.4, -0.2) is 66.3 Å². The lowest BCUT2D eigenvalue weighted by Gasteiger charge is -2.36. The molecule has 0 aromatic rings. The first-order valence-corrected chi connectivity index (χ1v) is 11.7. The second-order valence-electron chi connectivity index (χ2n) is 8.38. The monoisotopic (exact) mass is 532 g/mol. The van der Waals surface area contributed by atoms with Gasteiger partial charge in [-0.3, -0.25) is 4.55 Å². The van der Waals surface area contributed by atoms with Crippen LogP contribution in [0.15, 0.2) is 12.2 Å². The predicted octanol–water partition coefficient (Wildman–Crippen LogP) is 4.26. The van der Waals surface area contributed by atoms with Gasteiger partial charge < -0.3 is 14.6 Å². The number of carbonyl (C=O) groups excluding carboxylic acids is 1. The van der Waals surface area contributed by atoms with Crippen LogP contribution in [0.2, 0.25) is 0 Å². The molecule has 0 saturated heterocycles. The van der Waals surface area contributed by atoms with Crippen LogP contribution in [0.1, 0.15) is 51.9 Å². The van der Waals surface area contributed by atoms with Crippen molar-refractivity contribution >= 4 is 16.1 Å². The van der Waals surface area contributed by atoms with Crippen LogP contribution in [0, 0.1) is 5.92 Å². The van der Waals surface area contributed by atoms with Gasteiger partial charge in [0, 0.05) is 6.42 Å². The molecule has 2 N–H and O–H groups in total. The minimum atomic E-state index is -6.43.